The minimum Gasteiger partial charge on any atom is -0.506 e. The molecule has 8 heteroatoms. The number of aromatic hydroxyl groups is 1. The van der Waals surface area contributed by atoms with E-state index >= 15 is 0 Å². The van der Waals surface area contributed by atoms with E-state index in [9.17, 15) is 20.0 Å². The summed E-state index contributed by atoms with van der Waals surface area (Å²) in [5, 5.41) is 32.8. The zero-order chi connectivity index (χ0) is 19.4. The number of rotatable bonds is 4. The predicted molar refractivity (Wildman–Crippen MR) is 99.5 cm³/mol. The third kappa shape index (κ3) is 3.98. The van der Waals surface area contributed by atoms with Crippen LogP contribution in [0.15, 0.2) is 42.5 Å². The second-order valence-corrected chi connectivity index (χ2v) is 6.34. The van der Waals surface area contributed by atoms with Gasteiger partial charge in [0.05, 0.1) is 22.2 Å². The van der Waals surface area contributed by atoms with E-state index in [1.54, 1.807) is 18.2 Å². The maximum absolute atomic E-state index is 12.4. The molecule has 0 bridgehead atoms. The summed E-state index contributed by atoms with van der Waals surface area (Å²) in [5.41, 5.74) is 1.07. The number of phenols is 1. The highest BCUT2D eigenvalue weighted by Gasteiger charge is 2.28. The van der Waals surface area contributed by atoms with Crippen molar-refractivity contribution in [2.45, 2.75) is 12.8 Å². The van der Waals surface area contributed by atoms with Crippen LogP contribution in [0, 0.1) is 27.4 Å². The van der Waals surface area contributed by atoms with Gasteiger partial charge in [-0.2, -0.15) is 5.26 Å². The Kier molecular flexibility index (Phi) is 5.22. The summed E-state index contributed by atoms with van der Waals surface area (Å²) in [5.74, 6) is -0.428. The molecule has 8 nitrogen and oxygen atoms in total. The second kappa shape index (κ2) is 7.74. The van der Waals surface area contributed by atoms with E-state index in [1.807, 2.05) is 11.0 Å². The van der Waals surface area contributed by atoms with Crippen molar-refractivity contribution < 1.29 is 14.8 Å². The number of para-hydroxylation sites is 2. The van der Waals surface area contributed by atoms with Crippen molar-refractivity contribution in [3.63, 3.8) is 0 Å². The summed E-state index contributed by atoms with van der Waals surface area (Å²) >= 11 is 0. The average molecular weight is 366 g/mol. The Morgan fingerprint density at radius 2 is 1.96 bits per heavy atom. The van der Waals surface area contributed by atoms with Crippen molar-refractivity contribution in [2.24, 2.45) is 5.92 Å². The Balaban J connectivity index is 1.69. The van der Waals surface area contributed by atoms with E-state index in [0.29, 0.717) is 42.9 Å². The average Bonchev–Trinajstić information content (AvgIpc) is 2.69. The number of amides is 1. The maximum Gasteiger partial charge on any atom is 0.292 e. The minimum atomic E-state index is -0.465. The molecule has 2 aromatic carbocycles. The van der Waals surface area contributed by atoms with Crippen molar-refractivity contribution in [3.05, 3.63) is 58.1 Å². The van der Waals surface area contributed by atoms with Gasteiger partial charge in [-0.05, 0) is 37.1 Å². The van der Waals surface area contributed by atoms with Gasteiger partial charge in [0.2, 0.25) is 5.91 Å². The fourth-order valence-corrected chi connectivity index (χ4v) is 3.20. The van der Waals surface area contributed by atoms with Gasteiger partial charge in [0, 0.05) is 25.1 Å². The number of piperidine rings is 1. The van der Waals surface area contributed by atoms with E-state index in [4.69, 9.17) is 5.26 Å². The number of benzene rings is 2. The summed E-state index contributed by atoms with van der Waals surface area (Å²) in [4.78, 5) is 25.1. The first-order chi connectivity index (χ1) is 13.0. The first kappa shape index (κ1) is 18.2. The molecular formula is C19H18N4O4. The normalized spacial score (nSPS) is 14.4. The van der Waals surface area contributed by atoms with Crippen LogP contribution in [-0.2, 0) is 4.79 Å². The van der Waals surface area contributed by atoms with Gasteiger partial charge in [0.25, 0.3) is 5.69 Å². The monoisotopic (exact) mass is 366 g/mol. The number of anilines is 2. The first-order valence-corrected chi connectivity index (χ1v) is 8.52. The van der Waals surface area contributed by atoms with Crippen LogP contribution in [0.1, 0.15) is 18.4 Å². The van der Waals surface area contributed by atoms with Crippen LogP contribution in [0.3, 0.4) is 0 Å². The van der Waals surface area contributed by atoms with E-state index in [-0.39, 0.29) is 23.3 Å². The zero-order valence-corrected chi connectivity index (χ0v) is 14.5. The number of nitriles is 1. The summed E-state index contributed by atoms with van der Waals surface area (Å²) in [6.45, 7) is 0.934. The second-order valence-electron chi connectivity index (χ2n) is 6.34. The van der Waals surface area contributed by atoms with E-state index in [2.05, 4.69) is 5.32 Å². The maximum atomic E-state index is 12.4. The minimum absolute atomic E-state index is 0.00669. The van der Waals surface area contributed by atoms with Crippen LogP contribution >= 0.6 is 0 Å². The van der Waals surface area contributed by atoms with Gasteiger partial charge in [-0.1, -0.05) is 12.1 Å². The molecule has 138 valence electrons. The molecule has 0 aliphatic carbocycles. The summed E-state index contributed by atoms with van der Waals surface area (Å²) in [7, 11) is 0. The first-order valence-electron chi connectivity index (χ1n) is 8.52. The predicted octanol–water partition coefficient (Wildman–Crippen LogP) is 3.03. The van der Waals surface area contributed by atoms with Crippen LogP contribution in [-0.4, -0.2) is 29.0 Å². The lowest BCUT2D eigenvalue weighted by molar-refractivity contribution is -0.384. The molecule has 1 fully saturated rings. The molecule has 0 atom stereocenters. The molecule has 2 N–H and O–H groups in total. The number of nitrogens with zero attached hydrogens (tertiary/aromatic N) is 3. The molecule has 2 aromatic rings. The highest BCUT2D eigenvalue weighted by atomic mass is 16.6. The van der Waals surface area contributed by atoms with Gasteiger partial charge in [0.15, 0.2) is 0 Å². The molecule has 0 aromatic heterocycles. The molecule has 1 aliphatic rings. The lowest BCUT2D eigenvalue weighted by Crippen LogP contribution is -2.38. The van der Waals surface area contributed by atoms with E-state index in [1.165, 1.54) is 24.3 Å². The number of nitro benzene ring substituents is 1. The van der Waals surface area contributed by atoms with Gasteiger partial charge in [-0.25, -0.2) is 0 Å². The van der Waals surface area contributed by atoms with Crippen LogP contribution in [0.4, 0.5) is 17.1 Å². The molecule has 1 saturated heterocycles. The molecule has 0 saturated carbocycles. The Morgan fingerprint density at radius 3 is 2.59 bits per heavy atom. The van der Waals surface area contributed by atoms with E-state index in [0.717, 1.165) is 0 Å². The topological polar surface area (TPSA) is 119 Å². The van der Waals surface area contributed by atoms with Crippen molar-refractivity contribution in [2.75, 3.05) is 23.3 Å². The van der Waals surface area contributed by atoms with Crippen molar-refractivity contribution in [1.82, 2.24) is 0 Å². The van der Waals surface area contributed by atoms with Crippen molar-refractivity contribution in [1.29, 1.82) is 5.26 Å². The summed E-state index contributed by atoms with van der Waals surface area (Å²) in [6, 6.07) is 12.8. The number of carbonyl (C=O) groups excluding carboxylic acids is 1. The van der Waals surface area contributed by atoms with Crippen LogP contribution in [0.5, 0.6) is 5.75 Å². The Hall–Kier alpha value is -3.60. The van der Waals surface area contributed by atoms with Gasteiger partial charge in [-0.3, -0.25) is 14.9 Å². The fourth-order valence-electron chi connectivity index (χ4n) is 3.20. The van der Waals surface area contributed by atoms with Crippen LogP contribution < -0.4 is 10.2 Å². The molecule has 27 heavy (non-hydrogen) atoms. The molecule has 1 heterocycles. The van der Waals surface area contributed by atoms with Crippen LogP contribution in [0.2, 0.25) is 0 Å². The molecule has 0 unspecified atom stereocenters. The third-order valence-electron chi connectivity index (χ3n) is 4.67. The van der Waals surface area contributed by atoms with Gasteiger partial charge in [0.1, 0.15) is 11.4 Å². The van der Waals surface area contributed by atoms with Crippen molar-refractivity contribution >= 4 is 23.0 Å². The fraction of sp³-hybridized carbons (Fsp3) is 0.263. The molecule has 0 spiro atoms. The lowest BCUT2D eigenvalue weighted by Gasteiger charge is -2.32. The van der Waals surface area contributed by atoms with Gasteiger partial charge >= 0.3 is 0 Å². The smallest absolute Gasteiger partial charge is 0.292 e. The third-order valence-corrected chi connectivity index (χ3v) is 4.67. The standard InChI is InChI=1S/C19H18N4O4/c20-12-13-5-6-16(23(26)27)17(11-13)22-9-7-14(8-10-22)19(25)21-15-3-1-2-4-18(15)24/h1-6,11,14,24H,7-10H2,(H,21,25). The summed E-state index contributed by atoms with van der Waals surface area (Å²) < 4.78 is 0. The highest BCUT2D eigenvalue weighted by Crippen LogP contribution is 2.33. The number of phenolic OH excluding ortho intramolecular Hbond substituents is 1. The Labute approximate surface area is 155 Å². The number of hydrogen-bond donors (Lipinski definition) is 2. The Bertz CT molecular complexity index is 914. The van der Waals surface area contributed by atoms with E-state index < -0.39 is 4.92 Å². The number of nitro groups is 1. The SMILES string of the molecule is N#Cc1ccc([N+](=O)[O-])c(N2CCC(C(=O)Nc3ccccc3O)CC2)c1. The zero-order valence-electron chi connectivity index (χ0n) is 14.5. The number of hydrogen-bond acceptors (Lipinski definition) is 6. The molecule has 1 amide bonds. The van der Waals surface area contributed by atoms with Gasteiger partial charge in [-0.15, -0.1) is 0 Å². The van der Waals surface area contributed by atoms with Crippen LogP contribution in [0.25, 0.3) is 0 Å². The molecule has 1 aliphatic heterocycles. The quantitative estimate of drug-likeness (QED) is 0.487. The lowest BCUT2D eigenvalue weighted by atomic mass is 9.95. The summed E-state index contributed by atoms with van der Waals surface area (Å²) in [6.07, 6.45) is 1.04. The van der Waals surface area contributed by atoms with Gasteiger partial charge < -0.3 is 15.3 Å². The van der Waals surface area contributed by atoms with Crippen molar-refractivity contribution in [3.8, 4) is 11.8 Å². The number of nitrogens with one attached hydrogen (secondary N) is 1. The highest BCUT2D eigenvalue weighted by molar-refractivity contribution is 5.94. The molecule has 0 radical (unpaired) electrons. The molecule has 3 rings (SSSR count). The Morgan fingerprint density at radius 1 is 1.26 bits per heavy atom. The molecular weight excluding hydrogens is 348 g/mol. The number of carbonyl (C=O) groups is 1. The largest absolute Gasteiger partial charge is 0.506 e.